The lowest BCUT2D eigenvalue weighted by atomic mass is 9.67. The van der Waals surface area contributed by atoms with Crippen LogP contribution in [0.15, 0.2) is 23.2 Å². The van der Waals surface area contributed by atoms with Gasteiger partial charge in [0.1, 0.15) is 5.82 Å². The summed E-state index contributed by atoms with van der Waals surface area (Å²) in [6, 6.07) is 0.559. The molecular formula is C19H19N5O4S. The van der Waals surface area contributed by atoms with Crippen molar-refractivity contribution in [1.29, 1.82) is 0 Å². The largest absolute Gasteiger partial charge is 0.372 e. The maximum atomic E-state index is 13.1. The van der Waals surface area contributed by atoms with Crippen LogP contribution < -0.4 is 15.5 Å². The number of hydrogen-bond acceptors (Lipinski definition) is 8. The number of carbonyl (C=O) groups excluding carboxylic acids is 3. The summed E-state index contributed by atoms with van der Waals surface area (Å²) in [6.07, 6.45) is 1.39. The average molecular weight is 413 g/mol. The first-order chi connectivity index (χ1) is 13.9. The number of carbonyl (C=O) groups is 3. The molecule has 0 aromatic carbocycles. The van der Waals surface area contributed by atoms with Crippen LogP contribution in [-0.4, -0.2) is 52.6 Å². The Kier molecular flexibility index (Phi) is 3.97. The van der Waals surface area contributed by atoms with Crippen LogP contribution in [0.5, 0.6) is 0 Å². The summed E-state index contributed by atoms with van der Waals surface area (Å²) in [6.45, 7) is 4.28. The highest BCUT2D eigenvalue weighted by Crippen LogP contribution is 2.46. The van der Waals surface area contributed by atoms with Crippen LogP contribution in [0, 0.1) is 5.41 Å². The third-order valence-electron chi connectivity index (χ3n) is 5.86. The molecule has 150 valence electrons. The molecule has 3 aliphatic heterocycles. The number of urea groups is 1. The summed E-state index contributed by atoms with van der Waals surface area (Å²) < 4.78 is 5.98. The molecule has 2 aromatic heterocycles. The number of fused-ring (bicyclic) bond motifs is 4. The number of pyridine rings is 1. The van der Waals surface area contributed by atoms with Gasteiger partial charge in [-0.3, -0.25) is 20.2 Å². The molecule has 0 aliphatic carbocycles. The number of imide groups is 2. The molecule has 1 spiro atoms. The maximum Gasteiger partial charge on any atom is 0.328 e. The van der Waals surface area contributed by atoms with Crippen molar-refractivity contribution in [2.75, 3.05) is 11.4 Å². The zero-order valence-corrected chi connectivity index (χ0v) is 16.7. The molecule has 0 bridgehead atoms. The molecule has 2 fully saturated rings. The summed E-state index contributed by atoms with van der Waals surface area (Å²) in [7, 11) is 0. The van der Waals surface area contributed by atoms with Crippen LogP contribution in [0.2, 0.25) is 0 Å². The fourth-order valence-corrected chi connectivity index (χ4v) is 5.36. The monoisotopic (exact) mass is 413 g/mol. The molecule has 0 saturated carbocycles. The highest BCUT2D eigenvalue weighted by Gasteiger charge is 2.63. The second-order valence-electron chi connectivity index (χ2n) is 7.71. The molecule has 5 heterocycles. The Morgan fingerprint density at radius 3 is 2.66 bits per heavy atom. The van der Waals surface area contributed by atoms with Crippen LogP contribution in [-0.2, 0) is 20.7 Å². The first kappa shape index (κ1) is 18.2. The van der Waals surface area contributed by atoms with E-state index in [-0.39, 0.29) is 12.5 Å². The number of barbiturate groups is 1. The van der Waals surface area contributed by atoms with Crippen molar-refractivity contribution >= 4 is 35.0 Å². The smallest absolute Gasteiger partial charge is 0.328 e. The van der Waals surface area contributed by atoms with Crippen LogP contribution in [0.25, 0.3) is 11.3 Å². The highest BCUT2D eigenvalue weighted by atomic mass is 32.1. The van der Waals surface area contributed by atoms with E-state index in [4.69, 9.17) is 4.74 Å². The molecule has 3 aliphatic rings. The Morgan fingerprint density at radius 1 is 1.21 bits per heavy atom. The number of rotatable bonds is 1. The predicted octanol–water partition coefficient (Wildman–Crippen LogP) is 1.10. The molecule has 2 aromatic rings. The van der Waals surface area contributed by atoms with E-state index in [1.165, 1.54) is 11.3 Å². The van der Waals surface area contributed by atoms with Gasteiger partial charge in [0.25, 0.3) is 0 Å². The summed E-state index contributed by atoms with van der Waals surface area (Å²) in [4.78, 5) is 48.9. The number of nitrogens with zero attached hydrogens (tertiary/aromatic N) is 3. The van der Waals surface area contributed by atoms with Gasteiger partial charge in [0.15, 0.2) is 5.41 Å². The molecule has 2 N–H and O–H groups in total. The summed E-state index contributed by atoms with van der Waals surface area (Å²) >= 11 is 1.48. The fraction of sp³-hybridized carbons (Fsp3) is 0.421. The zero-order valence-electron chi connectivity index (χ0n) is 15.8. The van der Waals surface area contributed by atoms with Gasteiger partial charge >= 0.3 is 6.03 Å². The Hall–Kier alpha value is -2.85. The highest BCUT2D eigenvalue weighted by molar-refractivity contribution is 7.07. The van der Waals surface area contributed by atoms with Crippen molar-refractivity contribution in [1.82, 2.24) is 20.6 Å². The quantitative estimate of drug-likeness (QED) is 0.673. The number of ether oxygens (including phenoxy) is 1. The molecule has 3 atom stereocenters. The van der Waals surface area contributed by atoms with Crippen LogP contribution in [0.4, 0.5) is 10.6 Å². The van der Waals surface area contributed by atoms with E-state index in [0.717, 1.165) is 22.6 Å². The first-order valence-corrected chi connectivity index (χ1v) is 10.3. The molecule has 4 amide bonds. The molecule has 9 nitrogen and oxygen atoms in total. The Bertz CT molecular complexity index is 1000. The average Bonchev–Trinajstić information content (AvgIpc) is 3.20. The van der Waals surface area contributed by atoms with E-state index in [0.29, 0.717) is 6.54 Å². The van der Waals surface area contributed by atoms with Gasteiger partial charge < -0.3 is 9.64 Å². The molecule has 29 heavy (non-hydrogen) atoms. The van der Waals surface area contributed by atoms with Crippen molar-refractivity contribution in [2.24, 2.45) is 5.41 Å². The molecule has 0 radical (unpaired) electrons. The standard InChI is InChI=1S/C19H19N5O4S/c1-9-6-24-14(10(2)28-9)19(16(25)22-18(27)23-17(19)26)4-11-3-12(5-20-15(11)24)13-7-29-8-21-13/h3,5,7-10,14H,4,6H2,1-2H3,(H2,22,23,25,26,27)/t9-,10+,14-/m1/s1. The maximum absolute atomic E-state index is 13.1. The van der Waals surface area contributed by atoms with Gasteiger partial charge in [-0.05, 0) is 25.5 Å². The predicted molar refractivity (Wildman–Crippen MR) is 104 cm³/mol. The normalized spacial score (nSPS) is 27.9. The van der Waals surface area contributed by atoms with Gasteiger partial charge in [-0.1, -0.05) is 0 Å². The van der Waals surface area contributed by atoms with Gasteiger partial charge in [0.05, 0.1) is 29.5 Å². The first-order valence-electron chi connectivity index (χ1n) is 9.36. The number of amides is 4. The van der Waals surface area contributed by atoms with Crippen molar-refractivity contribution in [2.45, 2.75) is 38.5 Å². The summed E-state index contributed by atoms with van der Waals surface area (Å²) in [5, 5.41) is 6.49. The summed E-state index contributed by atoms with van der Waals surface area (Å²) in [5.41, 5.74) is 2.64. The third kappa shape index (κ3) is 2.59. The Morgan fingerprint density at radius 2 is 1.97 bits per heavy atom. The number of anilines is 1. The van der Waals surface area contributed by atoms with Crippen molar-refractivity contribution in [3.8, 4) is 11.3 Å². The van der Waals surface area contributed by atoms with E-state index in [9.17, 15) is 14.4 Å². The van der Waals surface area contributed by atoms with Crippen molar-refractivity contribution < 1.29 is 19.1 Å². The Balaban J connectivity index is 1.69. The van der Waals surface area contributed by atoms with Crippen LogP contribution >= 0.6 is 11.3 Å². The second-order valence-corrected chi connectivity index (χ2v) is 8.43. The molecule has 2 saturated heterocycles. The van der Waals surface area contributed by atoms with Crippen LogP contribution in [0.1, 0.15) is 19.4 Å². The second kappa shape index (κ2) is 6.33. The van der Waals surface area contributed by atoms with E-state index < -0.39 is 35.4 Å². The third-order valence-corrected chi connectivity index (χ3v) is 6.45. The van der Waals surface area contributed by atoms with Crippen molar-refractivity contribution in [3.05, 3.63) is 28.7 Å². The van der Waals surface area contributed by atoms with Gasteiger partial charge in [0, 0.05) is 30.1 Å². The van der Waals surface area contributed by atoms with Gasteiger partial charge in [-0.15, -0.1) is 11.3 Å². The lowest BCUT2D eigenvalue weighted by molar-refractivity contribution is -0.153. The van der Waals surface area contributed by atoms with Gasteiger partial charge in [-0.2, -0.15) is 0 Å². The SMILES string of the molecule is C[C@@H]1CN2c3ncc(-c4cscn4)cc3CC3(C(=O)NC(=O)NC3=O)[C@H]2[C@H](C)O1. The summed E-state index contributed by atoms with van der Waals surface area (Å²) in [5.74, 6) is -0.467. The minimum absolute atomic E-state index is 0.0967. The van der Waals surface area contributed by atoms with E-state index >= 15 is 0 Å². The number of morpholine rings is 1. The van der Waals surface area contributed by atoms with Gasteiger partial charge in [-0.25, -0.2) is 14.8 Å². The minimum atomic E-state index is -1.48. The molecule has 0 unspecified atom stereocenters. The van der Waals surface area contributed by atoms with E-state index in [2.05, 4.69) is 20.6 Å². The van der Waals surface area contributed by atoms with Gasteiger partial charge in [0.2, 0.25) is 11.8 Å². The van der Waals surface area contributed by atoms with Crippen LogP contribution in [0.3, 0.4) is 0 Å². The van der Waals surface area contributed by atoms with Crippen molar-refractivity contribution in [3.63, 3.8) is 0 Å². The lowest BCUT2D eigenvalue weighted by Crippen LogP contribution is -2.75. The minimum Gasteiger partial charge on any atom is -0.372 e. The topological polar surface area (TPSA) is 114 Å². The Labute approximate surface area is 170 Å². The number of aromatic nitrogens is 2. The fourth-order valence-electron chi connectivity index (χ4n) is 4.80. The number of nitrogens with one attached hydrogen (secondary N) is 2. The zero-order chi connectivity index (χ0) is 20.3. The lowest BCUT2D eigenvalue weighted by Gasteiger charge is -2.54. The van der Waals surface area contributed by atoms with E-state index in [1.807, 2.05) is 30.2 Å². The molecular weight excluding hydrogens is 394 g/mol. The number of thiazole rings is 1. The molecule has 10 heteroatoms. The van der Waals surface area contributed by atoms with E-state index in [1.54, 1.807) is 11.7 Å². The molecule has 5 rings (SSSR count). The number of hydrogen-bond donors (Lipinski definition) is 2.